The lowest BCUT2D eigenvalue weighted by Crippen LogP contribution is -2.43. The summed E-state index contributed by atoms with van der Waals surface area (Å²) >= 11 is 3.31. The largest absolute Gasteiger partial charge is 0.484 e. The third-order valence-corrected chi connectivity index (χ3v) is 4.93. The number of hydrogen-bond acceptors (Lipinski definition) is 3. The van der Waals surface area contributed by atoms with Gasteiger partial charge in [0, 0.05) is 10.0 Å². The lowest BCUT2D eigenvalue weighted by molar-refractivity contribution is -0.123. The normalized spacial score (nSPS) is 11.7. The van der Waals surface area contributed by atoms with Crippen molar-refractivity contribution in [3.05, 3.63) is 64.1 Å². The highest BCUT2D eigenvalue weighted by Gasteiger charge is 2.27. The fourth-order valence-electron chi connectivity index (χ4n) is 3.42. The molecular formula is C23H29BrN2O3. The number of hydrazine groups is 1. The summed E-state index contributed by atoms with van der Waals surface area (Å²) in [4.78, 5) is 23.9. The van der Waals surface area contributed by atoms with E-state index in [0.29, 0.717) is 11.3 Å². The third kappa shape index (κ3) is 7.54. The van der Waals surface area contributed by atoms with E-state index < -0.39 is 11.8 Å². The lowest BCUT2D eigenvalue weighted by Gasteiger charge is -2.33. The van der Waals surface area contributed by atoms with Gasteiger partial charge in [0.15, 0.2) is 6.61 Å². The lowest BCUT2D eigenvalue weighted by atomic mass is 9.72. The van der Waals surface area contributed by atoms with Crippen molar-refractivity contribution in [3.8, 4) is 5.75 Å². The van der Waals surface area contributed by atoms with E-state index >= 15 is 0 Å². The molecule has 0 bridgehead atoms. The minimum absolute atomic E-state index is 0.0471. The van der Waals surface area contributed by atoms with Crippen molar-refractivity contribution in [1.82, 2.24) is 10.9 Å². The van der Waals surface area contributed by atoms with Crippen LogP contribution in [0.4, 0.5) is 0 Å². The molecule has 0 aliphatic heterocycles. The van der Waals surface area contributed by atoms with E-state index in [1.807, 2.05) is 24.3 Å². The average Bonchev–Trinajstić information content (AvgIpc) is 2.63. The Labute approximate surface area is 181 Å². The Kier molecular flexibility index (Phi) is 7.47. The van der Waals surface area contributed by atoms with Gasteiger partial charge in [-0.15, -0.1) is 0 Å². The molecule has 2 aromatic rings. The van der Waals surface area contributed by atoms with Gasteiger partial charge in [-0.25, -0.2) is 0 Å². The van der Waals surface area contributed by atoms with Gasteiger partial charge >= 0.3 is 0 Å². The fraction of sp³-hybridized carbons (Fsp3) is 0.391. The van der Waals surface area contributed by atoms with Gasteiger partial charge in [-0.1, -0.05) is 62.7 Å². The van der Waals surface area contributed by atoms with Crippen LogP contribution in [0.1, 0.15) is 57.0 Å². The van der Waals surface area contributed by atoms with Gasteiger partial charge in [0.2, 0.25) is 0 Å². The van der Waals surface area contributed by atoms with Gasteiger partial charge in [-0.05, 0) is 59.2 Å². The number of ether oxygens (including phenoxy) is 1. The van der Waals surface area contributed by atoms with Crippen LogP contribution >= 0.6 is 15.9 Å². The molecule has 2 aromatic carbocycles. The highest BCUT2D eigenvalue weighted by molar-refractivity contribution is 9.10. The molecule has 0 spiro atoms. The van der Waals surface area contributed by atoms with Crippen LogP contribution in [-0.2, 0) is 10.2 Å². The number of carbonyl (C=O) groups is 2. The van der Waals surface area contributed by atoms with Gasteiger partial charge in [-0.2, -0.15) is 0 Å². The third-order valence-electron chi connectivity index (χ3n) is 4.40. The van der Waals surface area contributed by atoms with E-state index in [-0.39, 0.29) is 17.4 Å². The Morgan fingerprint density at radius 1 is 0.897 bits per heavy atom. The molecule has 156 valence electrons. The molecule has 5 nitrogen and oxygen atoms in total. The molecule has 29 heavy (non-hydrogen) atoms. The Bertz CT molecular complexity index is 838. The van der Waals surface area contributed by atoms with Gasteiger partial charge in [0.1, 0.15) is 5.75 Å². The molecule has 0 aliphatic carbocycles. The second-order valence-corrected chi connectivity index (χ2v) is 9.86. The second kappa shape index (κ2) is 9.44. The highest BCUT2D eigenvalue weighted by Crippen LogP contribution is 2.36. The summed E-state index contributed by atoms with van der Waals surface area (Å²) in [5.74, 6) is -0.224. The van der Waals surface area contributed by atoms with E-state index in [9.17, 15) is 9.59 Å². The number of halogens is 1. The first-order chi connectivity index (χ1) is 13.5. The Hall–Kier alpha value is -2.34. The Morgan fingerprint density at radius 2 is 1.48 bits per heavy atom. The van der Waals surface area contributed by atoms with Crippen molar-refractivity contribution in [3.63, 3.8) is 0 Å². The molecule has 0 atom stereocenters. The van der Waals surface area contributed by atoms with Crippen LogP contribution in [-0.4, -0.2) is 18.4 Å². The molecular weight excluding hydrogens is 432 g/mol. The summed E-state index contributed by atoms with van der Waals surface area (Å²) in [6.45, 7) is 11.0. The van der Waals surface area contributed by atoms with E-state index in [2.05, 4.69) is 61.4 Å². The van der Waals surface area contributed by atoms with Gasteiger partial charge < -0.3 is 4.74 Å². The number of rotatable bonds is 6. The maximum Gasteiger partial charge on any atom is 0.276 e. The highest BCUT2D eigenvalue weighted by atomic mass is 79.9. The first kappa shape index (κ1) is 22.9. The molecule has 0 unspecified atom stereocenters. The quantitative estimate of drug-likeness (QED) is 0.595. The second-order valence-electron chi connectivity index (χ2n) is 8.94. The molecule has 0 saturated heterocycles. The van der Waals surface area contributed by atoms with Gasteiger partial charge in [0.05, 0.1) is 0 Å². The Morgan fingerprint density at radius 3 is 2.03 bits per heavy atom. The van der Waals surface area contributed by atoms with Crippen molar-refractivity contribution in [2.24, 2.45) is 5.41 Å². The average molecular weight is 461 g/mol. The maximum absolute atomic E-state index is 12.0. The SMILES string of the molecule is CC(C)(C)CC(C)(C)c1ccc(OCC(=O)NNC(=O)c2ccc(Br)cc2)cc1. The van der Waals surface area contributed by atoms with Crippen molar-refractivity contribution in [1.29, 1.82) is 0 Å². The minimum atomic E-state index is -0.437. The van der Waals surface area contributed by atoms with E-state index in [0.717, 1.165) is 10.9 Å². The number of hydrogen-bond donors (Lipinski definition) is 2. The van der Waals surface area contributed by atoms with Crippen molar-refractivity contribution in [2.45, 2.75) is 46.5 Å². The van der Waals surface area contributed by atoms with Crippen LogP contribution in [0.2, 0.25) is 0 Å². The zero-order valence-corrected chi connectivity index (χ0v) is 19.2. The predicted molar refractivity (Wildman–Crippen MR) is 119 cm³/mol. The standard InChI is InChI=1S/C23H29BrN2O3/c1-22(2,3)15-23(4,5)17-8-12-19(13-9-17)29-14-20(27)25-26-21(28)16-6-10-18(24)11-7-16/h6-13H,14-15H2,1-5H3,(H,25,27)(H,26,28). The summed E-state index contributed by atoms with van der Waals surface area (Å²) in [5, 5.41) is 0. The molecule has 6 heteroatoms. The molecule has 2 N–H and O–H groups in total. The maximum atomic E-state index is 12.0. The molecule has 0 heterocycles. The molecule has 0 radical (unpaired) electrons. The number of carbonyl (C=O) groups excluding carboxylic acids is 2. The molecule has 0 fully saturated rings. The minimum Gasteiger partial charge on any atom is -0.484 e. The summed E-state index contributed by atoms with van der Waals surface area (Å²) in [5.41, 5.74) is 6.68. The molecule has 0 aliphatic rings. The van der Waals surface area contributed by atoms with Crippen LogP contribution in [0.25, 0.3) is 0 Å². The summed E-state index contributed by atoms with van der Waals surface area (Å²) in [6, 6.07) is 14.6. The van der Waals surface area contributed by atoms with Gasteiger partial charge in [-0.3, -0.25) is 20.4 Å². The molecule has 2 amide bonds. The first-order valence-corrected chi connectivity index (χ1v) is 10.3. The zero-order valence-electron chi connectivity index (χ0n) is 17.6. The zero-order chi connectivity index (χ0) is 21.7. The summed E-state index contributed by atoms with van der Waals surface area (Å²) in [7, 11) is 0. The number of amides is 2. The predicted octanol–water partition coefficient (Wildman–Crippen LogP) is 5.00. The summed E-state index contributed by atoms with van der Waals surface area (Å²) < 4.78 is 6.39. The van der Waals surface area contributed by atoms with E-state index in [1.54, 1.807) is 24.3 Å². The molecule has 0 aromatic heterocycles. The van der Waals surface area contributed by atoms with Crippen molar-refractivity contribution >= 4 is 27.7 Å². The van der Waals surface area contributed by atoms with Crippen LogP contribution in [0.5, 0.6) is 5.75 Å². The van der Waals surface area contributed by atoms with E-state index in [1.165, 1.54) is 5.56 Å². The fourth-order valence-corrected chi connectivity index (χ4v) is 3.68. The van der Waals surface area contributed by atoms with Crippen molar-refractivity contribution in [2.75, 3.05) is 6.61 Å². The molecule has 0 saturated carbocycles. The topological polar surface area (TPSA) is 67.4 Å². The number of benzene rings is 2. The number of nitrogens with one attached hydrogen (secondary N) is 2. The van der Waals surface area contributed by atoms with Crippen molar-refractivity contribution < 1.29 is 14.3 Å². The van der Waals surface area contributed by atoms with Crippen LogP contribution in [0.15, 0.2) is 53.0 Å². The van der Waals surface area contributed by atoms with E-state index in [4.69, 9.17) is 4.74 Å². The van der Waals surface area contributed by atoms with Gasteiger partial charge in [0.25, 0.3) is 11.8 Å². The Balaban J connectivity index is 1.82. The smallest absolute Gasteiger partial charge is 0.276 e. The van der Waals surface area contributed by atoms with Crippen LogP contribution < -0.4 is 15.6 Å². The van der Waals surface area contributed by atoms with Crippen LogP contribution in [0.3, 0.4) is 0 Å². The monoisotopic (exact) mass is 460 g/mol. The van der Waals surface area contributed by atoms with Crippen LogP contribution in [0, 0.1) is 5.41 Å². The molecule has 2 rings (SSSR count). The summed E-state index contributed by atoms with van der Waals surface area (Å²) in [6.07, 6.45) is 1.06. The first-order valence-electron chi connectivity index (χ1n) is 9.54.